The third-order valence-corrected chi connectivity index (χ3v) is 2.17. The molecule has 11 heavy (non-hydrogen) atoms. The third-order valence-electron chi connectivity index (χ3n) is 1.57. The predicted octanol–water partition coefficient (Wildman–Crippen LogP) is 1.91. The van der Waals surface area contributed by atoms with Crippen LogP contribution in [0.4, 0.5) is 0 Å². The summed E-state index contributed by atoms with van der Waals surface area (Å²) in [6.45, 7) is 2.47. The fourth-order valence-corrected chi connectivity index (χ4v) is 1.58. The first-order chi connectivity index (χ1) is 5.27. The Kier molecular flexibility index (Phi) is 3.02. The van der Waals surface area contributed by atoms with Gasteiger partial charge in [0.05, 0.1) is 6.54 Å². The van der Waals surface area contributed by atoms with Crippen LogP contribution in [-0.4, -0.2) is 6.26 Å². The van der Waals surface area contributed by atoms with Crippen LogP contribution in [0.1, 0.15) is 17.1 Å². The molecule has 0 aliphatic heterocycles. The van der Waals surface area contributed by atoms with Crippen LogP contribution in [0.5, 0.6) is 0 Å². The molecule has 1 heterocycles. The second-order valence-corrected chi connectivity index (χ2v) is 3.30. The first-order valence-corrected chi connectivity index (χ1v) is 4.94. The van der Waals surface area contributed by atoms with Crippen molar-refractivity contribution in [2.75, 3.05) is 6.26 Å². The molecule has 0 aliphatic carbocycles. The van der Waals surface area contributed by atoms with E-state index in [0.717, 1.165) is 17.3 Å². The molecule has 0 unspecified atom stereocenters. The maximum absolute atomic E-state index is 5.43. The van der Waals surface area contributed by atoms with Crippen molar-refractivity contribution in [2.24, 2.45) is 5.73 Å². The summed E-state index contributed by atoms with van der Waals surface area (Å²) in [5, 5.41) is 0. The number of thioether (sulfide) groups is 1. The molecule has 2 N–H and O–H groups in total. The van der Waals surface area contributed by atoms with Gasteiger partial charge in [-0.25, -0.2) is 0 Å². The first-order valence-electron chi connectivity index (χ1n) is 3.55. The van der Waals surface area contributed by atoms with Crippen LogP contribution >= 0.6 is 11.8 Å². The van der Waals surface area contributed by atoms with Gasteiger partial charge in [-0.3, -0.25) is 0 Å². The van der Waals surface area contributed by atoms with Gasteiger partial charge in [0.25, 0.3) is 0 Å². The highest BCUT2D eigenvalue weighted by Gasteiger charge is 2.04. The van der Waals surface area contributed by atoms with Crippen molar-refractivity contribution in [2.45, 2.75) is 19.2 Å². The Morgan fingerprint density at radius 1 is 1.64 bits per heavy atom. The summed E-state index contributed by atoms with van der Waals surface area (Å²) in [7, 11) is 0. The van der Waals surface area contributed by atoms with E-state index in [9.17, 15) is 0 Å². The highest BCUT2D eigenvalue weighted by atomic mass is 32.2. The lowest BCUT2D eigenvalue weighted by molar-refractivity contribution is 0.484. The second kappa shape index (κ2) is 3.83. The van der Waals surface area contributed by atoms with Crippen molar-refractivity contribution in [3.05, 3.63) is 23.2 Å². The monoisotopic (exact) mass is 171 g/mol. The van der Waals surface area contributed by atoms with Crippen molar-refractivity contribution >= 4 is 11.8 Å². The molecule has 0 saturated carbocycles. The van der Waals surface area contributed by atoms with Gasteiger partial charge in [-0.1, -0.05) is 0 Å². The molecule has 1 rings (SSSR count). The van der Waals surface area contributed by atoms with E-state index in [1.165, 1.54) is 5.56 Å². The highest BCUT2D eigenvalue weighted by molar-refractivity contribution is 7.97. The lowest BCUT2D eigenvalue weighted by atomic mass is 10.3. The minimum Gasteiger partial charge on any atom is -0.465 e. The molecule has 0 bridgehead atoms. The van der Waals surface area contributed by atoms with Crippen LogP contribution in [0.15, 0.2) is 10.5 Å². The molecule has 0 radical (unpaired) electrons. The molecule has 3 heteroatoms. The highest BCUT2D eigenvalue weighted by Crippen LogP contribution is 2.18. The molecule has 0 saturated heterocycles. The summed E-state index contributed by atoms with van der Waals surface area (Å²) >= 11 is 1.79. The number of aryl methyl sites for hydroxylation is 1. The van der Waals surface area contributed by atoms with E-state index in [-0.39, 0.29) is 0 Å². The summed E-state index contributed by atoms with van der Waals surface area (Å²) in [4.78, 5) is 0. The van der Waals surface area contributed by atoms with Gasteiger partial charge in [-0.2, -0.15) is 11.8 Å². The maximum atomic E-state index is 5.43. The predicted molar refractivity (Wildman–Crippen MR) is 48.6 cm³/mol. The van der Waals surface area contributed by atoms with Crippen molar-refractivity contribution in [1.29, 1.82) is 0 Å². The Bertz CT molecular complexity index is 232. The molecular weight excluding hydrogens is 158 g/mol. The average Bonchev–Trinajstić information content (AvgIpc) is 2.33. The van der Waals surface area contributed by atoms with E-state index in [0.29, 0.717) is 6.54 Å². The van der Waals surface area contributed by atoms with Crippen LogP contribution in [-0.2, 0) is 12.3 Å². The van der Waals surface area contributed by atoms with Crippen LogP contribution in [0.2, 0.25) is 0 Å². The lowest BCUT2D eigenvalue weighted by Gasteiger charge is -1.91. The topological polar surface area (TPSA) is 39.2 Å². The van der Waals surface area contributed by atoms with Gasteiger partial charge in [-0.15, -0.1) is 0 Å². The normalized spacial score (nSPS) is 10.5. The molecule has 0 atom stereocenters. The van der Waals surface area contributed by atoms with Crippen LogP contribution in [0, 0.1) is 6.92 Å². The summed E-state index contributed by atoms with van der Waals surface area (Å²) < 4.78 is 5.38. The Labute approximate surface area is 71.1 Å². The van der Waals surface area contributed by atoms with E-state index in [1.807, 2.05) is 13.0 Å². The van der Waals surface area contributed by atoms with Crippen molar-refractivity contribution in [1.82, 2.24) is 0 Å². The van der Waals surface area contributed by atoms with Crippen molar-refractivity contribution < 1.29 is 4.42 Å². The molecule has 0 aliphatic rings. The van der Waals surface area contributed by atoms with Gasteiger partial charge in [0.2, 0.25) is 0 Å². The largest absolute Gasteiger partial charge is 0.465 e. The molecule has 0 amide bonds. The van der Waals surface area contributed by atoms with Crippen molar-refractivity contribution in [3.63, 3.8) is 0 Å². The fraction of sp³-hybridized carbons (Fsp3) is 0.500. The molecule has 1 aromatic heterocycles. The molecule has 0 aromatic carbocycles. The zero-order chi connectivity index (χ0) is 8.27. The summed E-state index contributed by atoms with van der Waals surface area (Å²) in [6, 6.07) is 2.03. The van der Waals surface area contributed by atoms with Crippen molar-refractivity contribution in [3.8, 4) is 0 Å². The zero-order valence-corrected chi connectivity index (χ0v) is 7.70. The molecule has 2 nitrogen and oxygen atoms in total. The van der Waals surface area contributed by atoms with E-state index >= 15 is 0 Å². The van der Waals surface area contributed by atoms with E-state index in [4.69, 9.17) is 10.2 Å². The van der Waals surface area contributed by atoms with Gasteiger partial charge in [0, 0.05) is 11.3 Å². The van der Waals surface area contributed by atoms with Crippen LogP contribution < -0.4 is 5.73 Å². The number of nitrogens with two attached hydrogens (primary N) is 1. The molecule has 0 fully saturated rings. The molecule has 1 aromatic rings. The number of rotatable bonds is 3. The van der Waals surface area contributed by atoms with Gasteiger partial charge < -0.3 is 10.2 Å². The minimum absolute atomic E-state index is 0.495. The quantitative estimate of drug-likeness (QED) is 0.755. The van der Waals surface area contributed by atoms with Gasteiger partial charge in [-0.05, 0) is 19.2 Å². The van der Waals surface area contributed by atoms with Crippen LogP contribution in [0.25, 0.3) is 0 Å². The standard InChI is InChI=1S/C8H13NOS/c1-6-7(5-11-2)3-8(4-9)10-6/h3H,4-5,9H2,1-2H3. The Morgan fingerprint density at radius 2 is 2.36 bits per heavy atom. The number of furan rings is 1. The minimum atomic E-state index is 0.495. The lowest BCUT2D eigenvalue weighted by Crippen LogP contribution is -1.92. The van der Waals surface area contributed by atoms with E-state index in [1.54, 1.807) is 11.8 Å². The van der Waals surface area contributed by atoms with Gasteiger partial charge in [0.15, 0.2) is 0 Å². The van der Waals surface area contributed by atoms with Gasteiger partial charge in [0.1, 0.15) is 11.5 Å². The smallest absolute Gasteiger partial charge is 0.118 e. The Balaban J connectivity index is 2.79. The Morgan fingerprint density at radius 3 is 2.82 bits per heavy atom. The second-order valence-electron chi connectivity index (χ2n) is 2.43. The summed E-state index contributed by atoms with van der Waals surface area (Å²) in [5.74, 6) is 2.89. The fourth-order valence-electron chi connectivity index (χ4n) is 0.987. The first kappa shape index (κ1) is 8.68. The number of hydrogen-bond acceptors (Lipinski definition) is 3. The molecule has 62 valence electrons. The van der Waals surface area contributed by atoms with E-state index in [2.05, 4.69) is 6.26 Å². The zero-order valence-electron chi connectivity index (χ0n) is 6.89. The Hall–Kier alpha value is -0.410. The summed E-state index contributed by atoms with van der Waals surface area (Å²) in [5.41, 5.74) is 6.69. The molecular formula is C8H13NOS. The average molecular weight is 171 g/mol. The SMILES string of the molecule is CSCc1cc(CN)oc1C. The van der Waals surface area contributed by atoms with E-state index < -0.39 is 0 Å². The third kappa shape index (κ3) is 2.01. The summed E-state index contributed by atoms with van der Waals surface area (Å²) in [6.07, 6.45) is 2.08. The van der Waals surface area contributed by atoms with Gasteiger partial charge >= 0.3 is 0 Å². The number of hydrogen-bond donors (Lipinski definition) is 1. The molecule has 0 spiro atoms. The van der Waals surface area contributed by atoms with Crippen LogP contribution in [0.3, 0.4) is 0 Å². The maximum Gasteiger partial charge on any atom is 0.118 e.